The normalized spacial score (nSPS) is 3.25. The fourth-order valence-corrected chi connectivity index (χ4v) is 0. The zero-order valence-electron chi connectivity index (χ0n) is 1.55. The summed E-state index contributed by atoms with van der Waals surface area (Å²) in [6.07, 6.45) is 0. The third-order valence-corrected chi connectivity index (χ3v) is 0. The average molecular weight is 124 g/mol. The van der Waals surface area contributed by atoms with E-state index in [4.69, 9.17) is 4.91 Å². The summed E-state index contributed by atoms with van der Waals surface area (Å²) >= 11 is 4.07. The standard InChI is InChI=1S/ClNO.Ni/c1-2-3;. The molecule has 4 heavy (non-hydrogen) atoms. The zero-order valence-corrected chi connectivity index (χ0v) is 3.29. The molecule has 0 N–H and O–H groups in total. The van der Waals surface area contributed by atoms with E-state index in [0.717, 1.165) is 0 Å². The topological polar surface area (TPSA) is 29.4 Å². The van der Waals surface area contributed by atoms with Crippen LogP contribution in [-0.2, 0) is 16.5 Å². The van der Waals surface area contributed by atoms with Crippen molar-refractivity contribution in [3.63, 3.8) is 0 Å². The number of hydrogen-bond donors (Lipinski definition) is 0. The molecule has 0 aliphatic heterocycles. The SMILES string of the molecule is O=NCl.[Ni]. The minimum Gasteiger partial charge on any atom is -0.131 e. The van der Waals surface area contributed by atoms with E-state index < -0.39 is 0 Å². The maximum atomic E-state index is 8.32. The van der Waals surface area contributed by atoms with E-state index in [1.165, 1.54) is 0 Å². The summed E-state index contributed by atoms with van der Waals surface area (Å²) in [4.78, 5) is 8.32. The van der Waals surface area contributed by atoms with Gasteiger partial charge in [-0.05, 0) is 0 Å². The smallest absolute Gasteiger partial charge is 0.0835 e. The average Bonchev–Trinajstić information content (AvgIpc) is 0.918. The Hall–Kier alpha value is 0.384. The molecule has 0 aromatic carbocycles. The number of nitrogens with zero attached hydrogens (tertiary/aromatic N) is 1. The summed E-state index contributed by atoms with van der Waals surface area (Å²) in [5.41, 5.74) is 0. The predicted octanol–water partition coefficient (Wildman–Crippen LogP) is 0.904. The van der Waals surface area contributed by atoms with Gasteiger partial charge < -0.3 is 0 Å². The Morgan fingerprint density at radius 1 is 1.75 bits per heavy atom. The Labute approximate surface area is 38.5 Å². The zero-order chi connectivity index (χ0) is 2.71. The first-order valence-corrected chi connectivity index (χ1v) is 0.690. The van der Waals surface area contributed by atoms with Gasteiger partial charge in [-0.2, -0.15) is 0 Å². The van der Waals surface area contributed by atoms with Crippen molar-refractivity contribution in [2.75, 3.05) is 0 Å². The van der Waals surface area contributed by atoms with Crippen LogP contribution < -0.4 is 0 Å². The van der Waals surface area contributed by atoms with Gasteiger partial charge in [0, 0.05) is 21.2 Å². The third kappa shape index (κ3) is 31.0. The molecule has 0 saturated carbocycles. The Bertz CT molecular complexity index is 15.5. The molecule has 0 aromatic rings. The Morgan fingerprint density at radius 3 is 1.75 bits per heavy atom. The summed E-state index contributed by atoms with van der Waals surface area (Å²) in [5.74, 6) is 0. The first-order chi connectivity index (χ1) is 1.41. The molecule has 0 aliphatic rings. The van der Waals surface area contributed by atoms with Gasteiger partial charge >= 0.3 is 0 Å². The van der Waals surface area contributed by atoms with Crippen LogP contribution in [-0.4, -0.2) is 0 Å². The molecule has 0 saturated heterocycles. The quantitative estimate of drug-likeness (QED) is 0.348. The van der Waals surface area contributed by atoms with Gasteiger partial charge in [-0.25, -0.2) is 0 Å². The predicted molar refractivity (Wildman–Crippen MR) is 11.6 cm³/mol. The monoisotopic (exact) mass is 123 g/mol. The van der Waals surface area contributed by atoms with Crippen LogP contribution in [0.25, 0.3) is 0 Å². The molecule has 28 valence electrons. The van der Waals surface area contributed by atoms with Crippen LogP contribution in [0.2, 0.25) is 0 Å². The van der Waals surface area contributed by atoms with Gasteiger partial charge in [0.15, 0.2) is 0 Å². The minimum atomic E-state index is 0. The van der Waals surface area contributed by atoms with Crippen LogP contribution in [0, 0.1) is 4.91 Å². The van der Waals surface area contributed by atoms with Crippen LogP contribution in [0.4, 0.5) is 0 Å². The van der Waals surface area contributed by atoms with Gasteiger partial charge in [-0.3, -0.25) is 0 Å². The van der Waals surface area contributed by atoms with Gasteiger partial charge in [0.1, 0.15) is 0 Å². The van der Waals surface area contributed by atoms with Crippen molar-refractivity contribution in [2.45, 2.75) is 0 Å². The van der Waals surface area contributed by atoms with E-state index in [2.05, 4.69) is 11.8 Å². The summed E-state index contributed by atoms with van der Waals surface area (Å²) in [6, 6.07) is 0. The van der Waals surface area contributed by atoms with Crippen LogP contribution in [0.1, 0.15) is 0 Å². The van der Waals surface area contributed by atoms with E-state index >= 15 is 0 Å². The van der Waals surface area contributed by atoms with Crippen LogP contribution in [0.5, 0.6) is 0 Å². The number of nitroso groups, excluding NO2 is 1. The molecule has 0 unspecified atom stereocenters. The van der Waals surface area contributed by atoms with Gasteiger partial charge in [-0.15, -0.1) is 4.91 Å². The molecule has 0 aliphatic carbocycles. The molecule has 0 radical (unpaired) electrons. The Morgan fingerprint density at radius 2 is 1.75 bits per heavy atom. The van der Waals surface area contributed by atoms with Crippen molar-refractivity contribution in [1.82, 2.24) is 0 Å². The van der Waals surface area contributed by atoms with Gasteiger partial charge in [0.05, 0.1) is 11.8 Å². The number of rotatable bonds is 0. The van der Waals surface area contributed by atoms with Crippen molar-refractivity contribution in [2.24, 2.45) is 4.70 Å². The second-order valence-electron chi connectivity index (χ2n) is 0.0690. The summed E-state index contributed by atoms with van der Waals surface area (Å²) in [5, 5.41) is 0. The number of halogens is 1. The van der Waals surface area contributed by atoms with Crippen molar-refractivity contribution >= 4 is 11.8 Å². The maximum Gasteiger partial charge on any atom is 0.0835 e. The fraction of sp³-hybridized carbons (Fsp3) is 0. The van der Waals surface area contributed by atoms with E-state index in [1.807, 2.05) is 0 Å². The van der Waals surface area contributed by atoms with E-state index in [9.17, 15) is 0 Å². The van der Waals surface area contributed by atoms with Crippen LogP contribution >= 0.6 is 11.8 Å². The minimum absolute atomic E-state index is 0. The molecule has 0 rings (SSSR count). The summed E-state index contributed by atoms with van der Waals surface area (Å²) in [6.45, 7) is 0. The second-order valence-corrected chi connectivity index (χ2v) is 0.207. The first-order valence-electron chi connectivity index (χ1n) is 0.352. The molecule has 0 atom stereocenters. The van der Waals surface area contributed by atoms with Crippen molar-refractivity contribution in [3.05, 3.63) is 4.91 Å². The maximum absolute atomic E-state index is 8.32. The van der Waals surface area contributed by atoms with E-state index in [-0.39, 0.29) is 16.5 Å². The van der Waals surface area contributed by atoms with Gasteiger partial charge in [-0.1, -0.05) is 0 Å². The molecule has 0 aromatic heterocycles. The van der Waals surface area contributed by atoms with Crippen LogP contribution in [0.15, 0.2) is 4.70 Å². The molecule has 0 bridgehead atoms. The molecule has 0 fully saturated rings. The molecule has 2 nitrogen and oxygen atoms in total. The summed E-state index contributed by atoms with van der Waals surface area (Å²) in [7, 11) is 0. The molecule has 4 heteroatoms. The molecule has 0 spiro atoms. The molecule has 0 heterocycles. The Balaban J connectivity index is 0. The molecular weight excluding hydrogens is 124 g/mol. The van der Waals surface area contributed by atoms with Gasteiger partial charge in [0.2, 0.25) is 0 Å². The van der Waals surface area contributed by atoms with Gasteiger partial charge in [0.25, 0.3) is 0 Å². The van der Waals surface area contributed by atoms with Crippen molar-refractivity contribution < 1.29 is 16.5 Å². The van der Waals surface area contributed by atoms with Crippen molar-refractivity contribution in [3.8, 4) is 0 Å². The second kappa shape index (κ2) is 10.0. The van der Waals surface area contributed by atoms with Crippen LogP contribution in [0.3, 0.4) is 0 Å². The summed E-state index contributed by atoms with van der Waals surface area (Å²) < 4.78 is 1.72. The Kier molecular flexibility index (Phi) is 22.2. The third-order valence-electron chi connectivity index (χ3n) is 0. The number of hydrogen-bond acceptors (Lipinski definition) is 2. The van der Waals surface area contributed by atoms with E-state index in [0.29, 0.717) is 0 Å². The van der Waals surface area contributed by atoms with Crippen molar-refractivity contribution in [1.29, 1.82) is 0 Å². The molecular formula is ClNNiO. The largest absolute Gasteiger partial charge is 0.131 e. The van der Waals surface area contributed by atoms with E-state index in [1.54, 1.807) is 4.70 Å². The fourth-order valence-electron chi connectivity index (χ4n) is 0. The molecule has 0 amide bonds. The first kappa shape index (κ1) is 8.83.